The van der Waals surface area contributed by atoms with Crippen molar-refractivity contribution in [3.05, 3.63) is 71.1 Å². The number of hydrogen-bond donors (Lipinski definition) is 0. The summed E-state index contributed by atoms with van der Waals surface area (Å²) in [4.78, 5) is 6.34. The van der Waals surface area contributed by atoms with Crippen LogP contribution in [0.4, 0.5) is 0 Å². The highest BCUT2D eigenvalue weighted by Crippen LogP contribution is 2.25. The average Bonchev–Trinajstić information content (AvgIpc) is 3.13. The van der Waals surface area contributed by atoms with Crippen LogP contribution in [0.15, 0.2) is 58.3 Å². The maximum atomic E-state index is 5.95. The van der Waals surface area contributed by atoms with E-state index in [4.69, 9.17) is 16.0 Å². The number of oxazole rings is 1. The lowest BCUT2D eigenvalue weighted by molar-refractivity contribution is 0.229. The van der Waals surface area contributed by atoms with Gasteiger partial charge in [0.25, 0.3) is 0 Å². The summed E-state index contributed by atoms with van der Waals surface area (Å²) < 4.78 is 5.51. The van der Waals surface area contributed by atoms with Gasteiger partial charge in [-0.1, -0.05) is 23.7 Å². The third-order valence-corrected chi connectivity index (χ3v) is 3.98. The van der Waals surface area contributed by atoms with Crippen molar-refractivity contribution < 1.29 is 4.42 Å². The van der Waals surface area contributed by atoms with Gasteiger partial charge in [-0.15, -0.1) is 0 Å². The number of fused-ring (bicyclic) bond motifs is 1. The third kappa shape index (κ3) is 2.87. The van der Waals surface area contributed by atoms with Crippen molar-refractivity contribution in [2.24, 2.45) is 5.10 Å². The first-order valence-electron chi connectivity index (χ1n) is 7.35. The molecule has 5 nitrogen and oxygen atoms in total. The van der Waals surface area contributed by atoms with E-state index in [2.05, 4.69) is 27.3 Å². The molecule has 0 bridgehead atoms. The summed E-state index contributed by atoms with van der Waals surface area (Å²) in [5.41, 5.74) is 2.26. The molecular formula is C17H15ClN4O. The molecule has 0 radical (unpaired) electrons. The van der Waals surface area contributed by atoms with Crippen LogP contribution in [0.5, 0.6) is 0 Å². The summed E-state index contributed by atoms with van der Waals surface area (Å²) in [5.74, 6) is 2.41. The van der Waals surface area contributed by atoms with Gasteiger partial charge in [-0.05, 0) is 42.3 Å². The van der Waals surface area contributed by atoms with Gasteiger partial charge >= 0.3 is 0 Å². The molecule has 2 aliphatic heterocycles. The molecule has 4 rings (SSSR count). The Kier molecular flexibility index (Phi) is 3.42. The Labute approximate surface area is 139 Å². The molecule has 23 heavy (non-hydrogen) atoms. The van der Waals surface area contributed by atoms with Gasteiger partial charge < -0.3 is 9.32 Å². The zero-order valence-corrected chi connectivity index (χ0v) is 13.4. The van der Waals surface area contributed by atoms with E-state index in [0.29, 0.717) is 19.1 Å². The predicted molar refractivity (Wildman–Crippen MR) is 89.5 cm³/mol. The van der Waals surface area contributed by atoms with Crippen LogP contribution in [-0.4, -0.2) is 27.4 Å². The number of aryl methyl sites for hydroxylation is 1. The smallest absolute Gasteiger partial charge is 0.215 e. The summed E-state index contributed by atoms with van der Waals surface area (Å²) >= 11 is 5.95. The highest BCUT2D eigenvalue weighted by molar-refractivity contribution is 6.30. The van der Waals surface area contributed by atoms with Gasteiger partial charge in [0.15, 0.2) is 5.84 Å². The second-order valence-corrected chi connectivity index (χ2v) is 5.96. The molecule has 0 saturated carbocycles. The molecule has 0 spiro atoms. The van der Waals surface area contributed by atoms with Gasteiger partial charge in [-0.3, -0.25) is 5.01 Å². The predicted octanol–water partition coefficient (Wildman–Crippen LogP) is 3.64. The van der Waals surface area contributed by atoms with E-state index in [1.54, 1.807) is 6.20 Å². The van der Waals surface area contributed by atoms with Crippen molar-refractivity contribution in [1.82, 2.24) is 14.9 Å². The van der Waals surface area contributed by atoms with Crippen LogP contribution in [0.3, 0.4) is 0 Å². The Morgan fingerprint density at radius 3 is 2.78 bits per heavy atom. The largest absolute Gasteiger partial charge is 0.444 e. The van der Waals surface area contributed by atoms with E-state index >= 15 is 0 Å². The Hall–Kier alpha value is -2.53. The fraction of sp³-hybridized carbons (Fsp3) is 0.176. The monoisotopic (exact) mass is 326 g/mol. The summed E-state index contributed by atoms with van der Waals surface area (Å²) in [6.45, 7) is 3.13. The van der Waals surface area contributed by atoms with E-state index in [1.807, 2.05) is 42.3 Å². The van der Waals surface area contributed by atoms with Crippen LogP contribution >= 0.6 is 11.6 Å². The minimum absolute atomic E-state index is 0.561. The van der Waals surface area contributed by atoms with Crippen LogP contribution in [0.1, 0.15) is 17.2 Å². The molecular weight excluding hydrogens is 312 g/mol. The second kappa shape index (κ2) is 5.59. The van der Waals surface area contributed by atoms with E-state index < -0.39 is 0 Å². The normalized spacial score (nSPS) is 16.4. The molecule has 0 amide bonds. The number of aromatic nitrogens is 1. The van der Waals surface area contributed by atoms with E-state index in [0.717, 1.165) is 27.8 Å². The van der Waals surface area contributed by atoms with Crippen LogP contribution < -0.4 is 0 Å². The number of allylic oxidation sites excluding steroid dienone is 2. The molecule has 2 aromatic rings. The molecule has 2 aliphatic rings. The standard InChI is InChI=1S/C17H15ClN4O/c1-12-8-19-17(23-12)10-22-11-21-9-14(4-7-16(21)20-22)13-2-5-15(18)6-3-13/h2-9H,10-11H2,1H3. The Morgan fingerprint density at radius 1 is 1.22 bits per heavy atom. The van der Waals surface area contributed by atoms with Crippen LogP contribution in [0.2, 0.25) is 5.02 Å². The minimum atomic E-state index is 0.561. The lowest BCUT2D eigenvalue weighted by atomic mass is 10.0. The van der Waals surface area contributed by atoms with Crippen LogP contribution in [-0.2, 0) is 6.54 Å². The molecule has 0 fully saturated rings. The lowest BCUT2D eigenvalue weighted by Gasteiger charge is -2.19. The van der Waals surface area contributed by atoms with Gasteiger partial charge in [-0.2, -0.15) is 5.10 Å². The number of hydrogen-bond acceptors (Lipinski definition) is 5. The van der Waals surface area contributed by atoms with E-state index in [-0.39, 0.29) is 0 Å². The molecule has 1 aromatic heterocycles. The summed E-state index contributed by atoms with van der Waals surface area (Å²) in [6, 6.07) is 7.83. The maximum Gasteiger partial charge on any atom is 0.215 e. The number of halogens is 1. The zero-order valence-electron chi connectivity index (χ0n) is 12.6. The highest BCUT2D eigenvalue weighted by atomic mass is 35.5. The van der Waals surface area contributed by atoms with Crippen molar-refractivity contribution in [2.45, 2.75) is 13.5 Å². The molecule has 0 aliphatic carbocycles. The number of rotatable bonds is 3. The molecule has 6 heteroatoms. The Bertz CT molecular complexity index is 819. The van der Waals surface area contributed by atoms with Gasteiger partial charge in [0, 0.05) is 11.2 Å². The molecule has 0 saturated heterocycles. The zero-order chi connectivity index (χ0) is 15.8. The van der Waals surface area contributed by atoms with Crippen molar-refractivity contribution in [1.29, 1.82) is 0 Å². The molecule has 116 valence electrons. The SMILES string of the molecule is Cc1cnc(CN2CN3C=C(c4ccc(Cl)cc4)C=CC3=N2)o1. The minimum Gasteiger partial charge on any atom is -0.444 e. The highest BCUT2D eigenvalue weighted by Gasteiger charge is 2.23. The van der Waals surface area contributed by atoms with Gasteiger partial charge in [0.1, 0.15) is 19.0 Å². The number of amidine groups is 1. The quantitative estimate of drug-likeness (QED) is 0.864. The van der Waals surface area contributed by atoms with E-state index in [9.17, 15) is 0 Å². The summed E-state index contributed by atoms with van der Waals surface area (Å²) in [7, 11) is 0. The second-order valence-electron chi connectivity index (χ2n) is 5.52. The van der Waals surface area contributed by atoms with Crippen molar-refractivity contribution in [3.8, 4) is 0 Å². The lowest BCUT2D eigenvalue weighted by Crippen LogP contribution is -2.26. The first-order valence-corrected chi connectivity index (χ1v) is 7.72. The summed E-state index contributed by atoms with van der Waals surface area (Å²) in [5, 5.41) is 7.26. The fourth-order valence-corrected chi connectivity index (χ4v) is 2.75. The van der Waals surface area contributed by atoms with Gasteiger partial charge in [0.05, 0.1) is 6.20 Å². The van der Waals surface area contributed by atoms with Crippen molar-refractivity contribution in [2.75, 3.05) is 6.67 Å². The summed E-state index contributed by atoms with van der Waals surface area (Å²) in [6.07, 6.45) is 7.91. The Morgan fingerprint density at radius 2 is 2.04 bits per heavy atom. The van der Waals surface area contributed by atoms with Crippen LogP contribution in [0, 0.1) is 6.92 Å². The van der Waals surface area contributed by atoms with Crippen molar-refractivity contribution >= 4 is 23.0 Å². The maximum absolute atomic E-state index is 5.95. The van der Waals surface area contributed by atoms with Crippen molar-refractivity contribution in [3.63, 3.8) is 0 Å². The first-order chi connectivity index (χ1) is 11.2. The van der Waals surface area contributed by atoms with Gasteiger partial charge in [0.2, 0.25) is 5.89 Å². The molecule has 0 atom stereocenters. The van der Waals surface area contributed by atoms with Gasteiger partial charge in [-0.25, -0.2) is 4.98 Å². The fourth-order valence-electron chi connectivity index (χ4n) is 2.62. The molecule has 0 N–H and O–H groups in total. The Balaban J connectivity index is 1.50. The van der Waals surface area contributed by atoms with E-state index in [1.165, 1.54) is 0 Å². The number of benzene rings is 1. The third-order valence-electron chi connectivity index (χ3n) is 3.73. The molecule has 3 heterocycles. The molecule has 0 unspecified atom stereocenters. The first kappa shape index (κ1) is 14.1. The molecule has 1 aromatic carbocycles. The van der Waals surface area contributed by atoms with Crippen LogP contribution in [0.25, 0.3) is 5.57 Å². The average molecular weight is 327 g/mol. The topological polar surface area (TPSA) is 44.9 Å². The number of hydrazone groups is 1. The number of nitrogens with zero attached hydrogens (tertiary/aromatic N) is 4.